The Labute approximate surface area is 230 Å². The molecule has 15 heteroatoms. The van der Waals surface area contributed by atoms with E-state index in [1.807, 2.05) is 13.0 Å². The predicted molar refractivity (Wildman–Crippen MR) is 137 cm³/mol. The van der Waals surface area contributed by atoms with Crippen molar-refractivity contribution in [1.29, 1.82) is 0 Å². The summed E-state index contributed by atoms with van der Waals surface area (Å²) >= 11 is 6.33. The van der Waals surface area contributed by atoms with E-state index in [1.54, 1.807) is 47.4 Å². The first kappa shape index (κ1) is 27.3. The maximum atomic E-state index is 12.7. The molecule has 0 fully saturated rings. The predicted octanol–water partition coefficient (Wildman–Crippen LogP) is 4.24. The van der Waals surface area contributed by atoms with Crippen LogP contribution in [0.2, 0.25) is 5.02 Å². The van der Waals surface area contributed by atoms with Crippen LogP contribution in [0.4, 0.5) is 24.8 Å². The molecule has 11 nitrogen and oxygen atoms in total. The van der Waals surface area contributed by atoms with Crippen molar-refractivity contribution in [2.75, 3.05) is 11.9 Å². The SMILES string of the molecule is C[C@@H](Cn1cnnn1)Oc1cc(-c2cnc(Nc3ccc4c(c3)C(OC(=O)C(F)(F)F)NCC4)nc2)ccc1Cl. The fourth-order valence-electron chi connectivity index (χ4n) is 4.10. The van der Waals surface area contributed by atoms with Crippen LogP contribution in [-0.4, -0.2) is 55.0 Å². The summed E-state index contributed by atoms with van der Waals surface area (Å²) in [5.74, 6) is -1.52. The fourth-order valence-corrected chi connectivity index (χ4v) is 4.26. The molecule has 0 aliphatic carbocycles. The molecule has 0 radical (unpaired) electrons. The number of fused-ring (bicyclic) bond motifs is 1. The zero-order valence-electron chi connectivity index (χ0n) is 20.9. The summed E-state index contributed by atoms with van der Waals surface area (Å²) in [5.41, 5.74) is 3.19. The van der Waals surface area contributed by atoms with Crippen molar-refractivity contribution >= 4 is 29.2 Å². The number of aromatic nitrogens is 6. The molecule has 40 heavy (non-hydrogen) atoms. The Morgan fingerprint density at radius 2 is 2.00 bits per heavy atom. The van der Waals surface area contributed by atoms with Crippen molar-refractivity contribution in [3.8, 4) is 16.9 Å². The summed E-state index contributed by atoms with van der Waals surface area (Å²) in [4.78, 5) is 20.1. The average molecular weight is 575 g/mol. The second-order valence-corrected chi connectivity index (χ2v) is 9.33. The second-order valence-electron chi connectivity index (χ2n) is 8.93. The van der Waals surface area contributed by atoms with E-state index in [1.165, 1.54) is 6.33 Å². The number of benzene rings is 2. The Bertz CT molecular complexity index is 1490. The maximum Gasteiger partial charge on any atom is 0.490 e. The standard InChI is InChI=1S/C25H22ClF3N8O3/c1-14(12-37-13-33-35-36-37)39-21-8-16(3-5-20(21)26)17-10-31-24(32-11-17)34-18-4-2-15-6-7-30-22(19(15)9-18)40-23(38)25(27,28)29/h2-5,8-11,13-14,22,30H,6-7,12H2,1H3,(H,31,32,34)/t14-,22?/m0/s1. The molecular weight excluding hydrogens is 553 g/mol. The lowest BCUT2D eigenvalue weighted by Crippen LogP contribution is -2.36. The van der Waals surface area contributed by atoms with E-state index in [9.17, 15) is 18.0 Å². The minimum atomic E-state index is -5.09. The van der Waals surface area contributed by atoms with Gasteiger partial charge >= 0.3 is 12.1 Å². The molecule has 0 spiro atoms. The normalized spacial score (nSPS) is 15.7. The largest absolute Gasteiger partial charge is 0.490 e. The Morgan fingerprint density at radius 3 is 2.73 bits per heavy atom. The van der Waals surface area contributed by atoms with Crippen LogP contribution in [0, 0.1) is 0 Å². The molecule has 3 heterocycles. The number of esters is 1. The van der Waals surface area contributed by atoms with Crippen LogP contribution >= 0.6 is 11.6 Å². The van der Waals surface area contributed by atoms with Gasteiger partial charge in [-0.1, -0.05) is 23.7 Å². The van der Waals surface area contributed by atoms with Gasteiger partial charge < -0.3 is 14.8 Å². The molecule has 2 aromatic carbocycles. The number of anilines is 2. The van der Waals surface area contributed by atoms with E-state index in [0.29, 0.717) is 47.1 Å². The molecule has 1 unspecified atom stereocenters. The summed E-state index contributed by atoms with van der Waals surface area (Å²) in [7, 11) is 0. The number of hydrogen-bond donors (Lipinski definition) is 2. The number of halogens is 4. The Hall–Kier alpha value is -4.30. The molecule has 1 aliphatic heterocycles. The highest BCUT2D eigenvalue weighted by Crippen LogP contribution is 2.32. The van der Waals surface area contributed by atoms with Gasteiger partial charge in [0.25, 0.3) is 0 Å². The van der Waals surface area contributed by atoms with Crippen LogP contribution < -0.4 is 15.4 Å². The molecule has 5 rings (SSSR count). The molecular formula is C25H22ClF3N8O3. The van der Waals surface area contributed by atoms with Gasteiger partial charge in [-0.05, 0) is 59.2 Å². The number of hydrogen-bond acceptors (Lipinski definition) is 10. The first-order valence-corrected chi connectivity index (χ1v) is 12.4. The Morgan fingerprint density at radius 1 is 1.20 bits per heavy atom. The average Bonchev–Trinajstić information content (AvgIpc) is 3.43. The third-order valence-corrected chi connectivity index (χ3v) is 6.26. The number of nitrogens with zero attached hydrogens (tertiary/aromatic N) is 6. The van der Waals surface area contributed by atoms with Crippen LogP contribution in [0.1, 0.15) is 24.3 Å². The fraction of sp³-hybridized carbons (Fsp3) is 0.280. The molecule has 2 N–H and O–H groups in total. The lowest BCUT2D eigenvalue weighted by atomic mass is 9.99. The van der Waals surface area contributed by atoms with E-state index in [-0.39, 0.29) is 12.1 Å². The van der Waals surface area contributed by atoms with Crippen LogP contribution in [0.3, 0.4) is 0 Å². The van der Waals surface area contributed by atoms with Crippen molar-refractivity contribution in [3.63, 3.8) is 0 Å². The molecule has 2 atom stereocenters. The van der Waals surface area contributed by atoms with Crippen LogP contribution in [-0.2, 0) is 22.5 Å². The van der Waals surface area contributed by atoms with Gasteiger partial charge in [0.1, 0.15) is 18.2 Å². The summed E-state index contributed by atoms with van der Waals surface area (Å²) in [5, 5.41) is 17.3. The number of carbonyl (C=O) groups is 1. The first-order chi connectivity index (χ1) is 19.2. The highest BCUT2D eigenvalue weighted by molar-refractivity contribution is 6.32. The third-order valence-electron chi connectivity index (χ3n) is 5.95. The van der Waals surface area contributed by atoms with Crippen molar-refractivity contribution in [2.24, 2.45) is 0 Å². The zero-order chi connectivity index (χ0) is 28.3. The topological polar surface area (TPSA) is 129 Å². The molecule has 0 bridgehead atoms. The molecule has 1 aliphatic rings. The van der Waals surface area contributed by atoms with Gasteiger partial charge in [-0.25, -0.2) is 19.4 Å². The summed E-state index contributed by atoms with van der Waals surface area (Å²) in [6.45, 7) is 2.67. The smallest absolute Gasteiger partial charge is 0.487 e. The highest BCUT2D eigenvalue weighted by atomic mass is 35.5. The Kier molecular flexibility index (Phi) is 7.80. The summed E-state index contributed by atoms with van der Waals surface area (Å²) < 4.78 is 50.3. The number of ether oxygens (including phenoxy) is 2. The van der Waals surface area contributed by atoms with E-state index >= 15 is 0 Å². The lowest BCUT2D eigenvalue weighted by molar-refractivity contribution is -0.207. The van der Waals surface area contributed by atoms with Crippen molar-refractivity contribution in [2.45, 2.75) is 38.4 Å². The first-order valence-electron chi connectivity index (χ1n) is 12.1. The van der Waals surface area contributed by atoms with Gasteiger partial charge in [0.05, 0.1) is 11.6 Å². The molecule has 0 saturated carbocycles. The minimum absolute atomic E-state index is 0.261. The highest BCUT2D eigenvalue weighted by Gasteiger charge is 2.43. The van der Waals surface area contributed by atoms with Gasteiger partial charge in [-0.2, -0.15) is 13.2 Å². The third kappa shape index (κ3) is 6.46. The van der Waals surface area contributed by atoms with E-state index < -0.39 is 18.4 Å². The molecule has 4 aromatic rings. The number of alkyl halides is 3. The van der Waals surface area contributed by atoms with Gasteiger partial charge in [0, 0.05) is 35.8 Å². The summed E-state index contributed by atoms with van der Waals surface area (Å²) in [6.07, 6.45) is -1.28. The minimum Gasteiger partial charge on any atom is -0.487 e. The van der Waals surface area contributed by atoms with Gasteiger partial charge in [0.2, 0.25) is 5.95 Å². The number of nitrogens with one attached hydrogen (secondary N) is 2. The molecule has 208 valence electrons. The molecule has 0 saturated heterocycles. The van der Waals surface area contributed by atoms with Crippen molar-refractivity contribution < 1.29 is 27.4 Å². The quantitative estimate of drug-likeness (QED) is 0.295. The van der Waals surface area contributed by atoms with Crippen LogP contribution in [0.25, 0.3) is 11.1 Å². The van der Waals surface area contributed by atoms with Crippen molar-refractivity contribution in [3.05, 3.63) is 71.3 Å². The van der Waals surface area contributed by atoms with Gasteiger partial charge in [-0.3, -0.25) is 5.32 Å². The van der Waals surface area contributed by atoms with Crippen molar-refractivity contribution in [1.82, 2.24) is 35.5 Å². The van der Waals surface area contributed by atoms with Gasteiger partial charge in [0.15, 0.2) is 6.23 Å². The maximum absolute atomic E-state index is 12.7. The number of carbonyl (C=O) groups excluding carboxylic acids is 1. The number of rotatable bonds is 8. The second kappa shape index (κ2) is 11.4. The molecule has 0 amide bonds. The van der Waals surface area contributed by atoms with E-state index in [4.69, 9.17) is 16.3 Å². The van der Waals surface area contributed by atoms with Crippen LogP contribution in [0.15, 0.2) is 55.1 Å². The van der Waals surface area contributed by atoms with E-state index in [2.05, 4.69) is 40.9 Å². The monoisotopic (exact) mass is 574 g/mol. The lowest BCUT2D eigenvalue weighted by Gasteiger charge is -2.27. The Balaban J connectivity index is 1.28. The number of tetrazole rings is 1. The zero-order valence-corrected chi connectivity index (χ0v) is 21.6. The van der Waals surface area contributed by atoms with Crippen LogP contribution in [0.5, 0.6) is 5.75 Å². The molecule has 2 aromatic heterocycles. The van der Waals surface area contributed by atoms with Gasteiger partial charge in [-0.15, -0.1) is 5.10 Å². The van der Waals surface area contributed by atoms with E-state index in [0.717, 1.165) is 11.1 Å². The summed E-state index contributed by atoms with van der Waals surface area (Å²) in [6, 6.07) is 10.4.